The van der Waals surface area contributed by atoms with Crippen molar-refractivity contribution in [3.05, 3.63) is 0 Å². The van der Waals surface area contributed by atoms with Crippen LogP contribution >= 0.6 is 15.9 Å². The monoisotopic (exact) mass is 280 g/mol. The number of alkyl halides is 1. The minimum atomic E-state index is -1.02. The first-order chi connectivity index (χ1) is 6.63. The van der Waals surface area contributed by atoms with E-state index in [0.717, 1.165) is 0 Å². The standard InChI is InChI=1S/C10H17BrO4/c1-10(2,3)5-6(8(12)13)4-7(11)9(14)15/h6-7H,4-5H2,1-3H3,(H,12,13)(H,14,15). The van der Waals surface area contributed by atoms with Crippen molar-refractivity contribution in [2.45, 2.75) is 38.4 Å². The first kappa shape index (κ1) is 14.4. The molecule has 0 aromatic heterocycles. The summed E-state index contributed by atoms with van der Waals surface area (Å²) < 4.78 is 0. The average molecular weight is 281 g/mol. The van der Waals surface area contributed by atoms with Crippen molar-refractivity contribution in [3.8, 4) is 0 Å². The molecule has 2 atom stereocenters. The number of hydrogen-bond acceptors (Lipinski definition) is 2. The molecule has 0 rings (SSSR count). The summed E-state index contributed by atoms with van der Waals surface area (Å²) in [4.78, 5) is 20.7. The molecule has 0 aliphatic heterocycles. The molecule has 2 unspecified atom stereocenters. The fourth-order valence-corrected chi connectivity index (χ4v) is 1.81. The topological polar surface area (TPSA) is 74.6 Å². The number of rotatable bonds is 5. The van der Waals surface area contributed by atoms with Crippen molar-refractivity contribution in [1.82, 2.24) is 0 Å². The van der Waals surface area contributed by atoms with E-state index in [4.69, 9.17) is 10.2 Å². The molecule has 15 heavy (non-hydrogen) atoms. The van der Waals surface area contributed by atoms with Gasteiger partial charge in [0.1, 0.15) is 4.83 Å². The highest BCUT2D eigenvalue weighted by Gasteiger charge is 2.28. The third-order valence-corrected chi connectivity index (χ3v) is 2.73. The number of aliphatic carboxylic acids is 2. The number of carbonyl (C=O) groups is 2. The lowest BCUT2D eigenvalue weighted by atomic mass is 9.83. The van der Waals surface area contributed by atoms with E-state index in [-0.39, 0.29) is 11.8 Å². The zero-order valence-electron chi connectivity index (χ0n) is 9.16. The molecule has 0 saturated heterocycles. The number of carboxylic acids is 2. The largest absolute Gasteiger partial charge is 0.481 e. The van der Waals surface area contributed by atoms with E-state index in [9.17, 15) is 9.59 Å². The van der Waals surface area contributed by atoms with Gasteiger partial charge in [0.25, 0.3) is 0 Å². The Hall–Kier alpha value is -0.580. The fourth-order valence-electron chi connectivity index (χ4n) is 1.36. The van der Waals surface area contributed by atoms with Crippen LogP contribution in [0.2, 0.25) is 0 Å². The molecule has 0 amide bonds. The van der Waals surface area contributed by atoms with Gasteiger partial charge in [-0.3, -0.25) is 9.59 Å². The molecule has 0 spiro atoms. The van der Waals surface area contributed by atoms with E-state index < -0.39 is 22.7 Å². The van der Waals surface area contributed by atoms with E-state index >= 15 is 0 Å². The van der Waals surface area contributed by atoms with Crippen LogP contribution in [-0.4, -0.2) is 27.0 Å². The fraction of sp³-hybridized carbons (Fsp3) is 0.800. The Morgan fingerprint density at radius 2 is 1.67 bits per heavy atom. The van der Waals surface area contributed by atoms with E-state index in [0.29, 0.717) is 6.42 Å². The molecule has 88 valence electrons. The van der Waals surface area contributed by atoms with Crippen LogP contribution in [0.15, 0.2) is 0 Å². The first-order valence-electron chi connectivity index (χ1n) is 4.73. The predicted octanol–water partition coefficient (Wildman–Crippen LogP) is 2.36. The van der Waals surface area contributed by atoms with Gasteiger partial charge in [-0.15, -0.1) is 0 Å². The Morgan fingerprint density at radius 1 is 1.20 bits per heavy atom. The van der Waals surface area contributed by atoms with Crippen LogP contribution in [0, 0.1) is 11.3 Å². The maximum Gasteiger partial charge on any atom is 0.317 e. The molecule has 0 aliphatic carbocycles. The summed E-state index contributed by atoms with van der Waals surface area (Å²) in [7, 11) is 0. The van der Waals surface area contributed by atoms with Crippen LogP contribution in [-0.2, 0) is 9.59 Å². The van der Waals surface area contributed by atoms with E-state index in [1.165, 1.54) is 0 Å². The second kappa shape index (κ2) is 5.49. The van der Waals surface area contributed by atoms with Crippen LogP contribution < -0.4 is 0 Å². The van der Waals surface area contributed by atoms with Crippen molar-refractivity contribution in [2.75, 3.05) is 0 Å². The van der Waals surface area contributed by atoms with Crippen LogP contribution in [0.1, 0.15) is 33.6 Å². The second-order valence-electron chi connectivity index (χ2n) is 4.84. The van der Waals surface area contributed by atoms with Crippen molar-refractivity contribution in [2.24, 2.45) is 11.3 Å². The van der Waals surface area contributed by atoms with Gasteiger partial charge >= 0.3 is 11.9 Å². The van der Waals surface area contributed by atoms with Crippen LogP contribution in [0.3, 0.4) is 0 Å². The Balaban J connectivity index is 4.42. The highest BCUT2D eigenvalue weighted by atomic mass is 79.9. The van der Waals surface area contributed by atoms with Crippen LogP contribution in [0.5, 0.6) is 0 Å². The van der Waals surface area contributed by atoms with Gasteiger partial charge < -0.3 is 10.2 Å². The minimum Gasteiger partial charge on any atom is -0.481 e. The van der Waals surface area contributed by atoms with Crippen molar-refractivity contribution < 1.29 is 19.8 Å². The summed E-state index contributed by atoms with van der Waals surface area (Å²) in [5.41, 5.74) is -0.117. The van der Waals surface area contributed by atoms with Crippen molar-refractivity contribution in [3.63, 3.8) is 0 Å². The maximum atomic E-state index is 10.9. The highest BCUT2D eigenvalue weighted by Crippen LogP contribution is 2.28. The second-order valence-corrected chi connectivity index (χ2v) is 5.95. The lowest BCUT2D eigenvalue weighted by Crippen LogP contribution is -2.26. The Labute approximate surface area is 97.8 Å². The molecule has 5 heteroatoms. The predicted molar refractivity (Wildman–Crippen MR) is 60.2 cm³/mol. The summed E-state index contributed by atoms with van der Waals surface area (Å²) in [5, 5.41) is 17.6. The van der Waals surface area contributed by atoms with E-state index in [1.807, 2.05) is 20.8 Å². The molecular formula is C10H17BrO4. The smallest absolute Gasteiger partial charge is 0.317 e. The van der Waals surface area contributed by atoms with E-state index in [1.54, 1.807) is 0 Å². The van der Waals surface area contributed by atoms with Gasteiger partial charge in [0.05, 0.1) is 5.92 Å². The molecule has 0 aromatic rings. The molecule has 0 heterocycles. The van der Waals surface area contributed by atoms with Gasteiger partial charge in [0.2, 0.25) is 0 Å². The summed E-state index contributed by atoms with van der Waals surface area (Å²) in [6.07, 6.45) is 0.583. The zero-order valence-corrected chi connectivity index (χ0v) is 10.7. The van der Waals surface area contributed by atoms with Crippen LogP contribution in [0.4, 0.5) is 0 Å². The summed E-state index contributed by atoms with van der Waals surface area (Å²) >= 11 is 2.96. The average Bonchev–Trinajstić information content (AvgIpc) is 1.99. The summed E-state index contributed by atoms with van der Waals surface area (Å²) in [6.45, 7) is 5.81. The Bertz CT molecular complexity index is 244. The third-order valence-electron chi connectivity index (χ3n) is 1.97. The quantitative estimate of drug-likeness (QED) is 0.758. The van der Waals surface area contributed by atoms with Gasteiger partial charge in [-0.25, -0.2) is 0 Å². The number of carboxylic acid groups (broad SMARTS) is 2. The van der Waals surface area contributed by atoms with Gasteiger partial charge in [-0.05, 0) is 18.3 Å². The third kappa shape index (κ3) is 6.49. The van der Waals surface area contributed by atoms with Gasteiger partial charge in [0.15, 0.2) is 0 Å². The SMILES string of the molecule is CC(C)(C)CC(CC(Br)C(=O)O)C(=O)O. The molecule has 0 aromatic carbocycles. The molecular weight excluding hydrogens is 264 g/mol. The lowest BCUT2D eigenvalue weighted by Gasteiger charge is -2.23. The first-order valence-corrected chi connectivity index (χ1v) is 5.65. The summed E-state index contributed by atoms with van der Waals surface area (Å²) in [6, 6.07) is 0. The van der Waals surface area contributed by atoms with Crippen molar-refractivity contribution in [1.29, 1.82) is 0 Å². The van der Waals surface area contributed by atoms with E-state index in [2.05, 4.69) is 15.9 Å². The van der Waals surface area contributed by atoms with Gasteiger partial charge in [0, 0.05) is 0 Å². The number of hydrogen-bond donors (Lipinski definition) is 2. The highest BCUT2D eigenvalue weighted by molar-refractivity contribution is 9.10. The molecule has 0 bridgehead atoms. The minimum absolute atomic E-state index is 0.113. The molecule has 0 fully saturated rings. The maximum absolute atomic E-state index is 10.9. The normalized spacial score (nSPS) is 15.7. The van der Waals surface area contributed by atoms with Gasteiger partial charge in [-0.2, -0.15) is 0 Å². The Morgan fingerprint density at radius 3 is 1.93 bits per heavy atom. The molecule has 0 radical (unpaired) electrons. The molecule has 0 aliphatic rings. The lowest BCUT2D eigenvalue weighted by molar-refractivity contribution is -0.143. The Kier molecular flexibility index (Phi) is 5.28. The summed E-state index contributed by atoms with van der Waals surface area (Å²) in [5.74, 6) is -2.57. The van der Waals surface area contributed by atoms with Crippen molar-refractivity contribution >= 4 is 27.9 Å². The van der Waals surface area contributed by atoms with Gasteiger partial charge in [-0.1, -0.05) is 36.7 Å². The molecule has 2 N–H and O–H groups in total. The molecule has 0 saturated carbocycles. The number of halogens is 1. The zero-order chi connectivity index (χ0) is 12.2. The van der Waals surface area contributed by atoms with Crippen LogP contribution in [0.25, 0.3) is 0 Å². The molecule has 4 nitrogen and oxygen atoms in total.